The van der Waals surface area contributed by atoms with E-state index in [0.29, 0.717) is 19.3 Å². The first kappa shape index (κ1) is 59.6. The number of unbranched alkanes of at least 4 members (excludes halogenated alkanes) is 33. The molecule has 0 N–H and O–H groups in total. The van der Waals surface area contributed by atoms with Gasteiger partial charge in [-0.25, -0.2) is 0 Å². The molecule has 0 fully saturated rings. The van der Waals surface area contributed by atoms with E-state index in [1.165, 1.54) is 173 Å². The van der Waals surface area contributed by atoms with E-state index in [0.717, 1.165) is 70.6 Å². The minimum absolute atomic E-state index is 0.0765. The lowest BCUT2D eigenvalue weighted by atomic mass is 10.0. The molecule has 62 heavy (non-hydrogen) atoms. The van der Waals surface area contributed by atoms with E-state index in [4.69, 9.17) is 14.2 Å². The number of hydrogen-bond donors (Lipinski definition) is 0. The maximum atomic E-state index is 12.8. The molecule has 0 aliphatic rings. The molecule has 6 nitrogen and oxygen atoms in total. The van der Waals surface area contributed by atoms with Gasteiger partial charge in [0, 0.05) is 19.3 Å². The van der Waals surface area contributed by atoms with Crippen molar-refractivity contribution in [3.8, 4) is 0 Å². The van der Waals surface area contributed by atoms with Gasteiger partial charge in [0.1, 0.15) is 13.2 Å². The van der Waals surface area contributed by atoms with E-state index < -0.39 is 6.10 Å². The van der Waals surface area contributed by atoms with E-state index >= 15 is 0 Å². The summed E-state index contributed by atoms with van der Waals surface area (Å²) in [6, 6.07) is 0. The number of esters is 3. The van der Waals surface area contributed by atoms with Crippen LogP contribution in [0.4, 0.5) is 0 Å². The second-order valence-corrected chi connectivity index (χ2v) is 18.2. The summed E-state index contributed by atoms with van der Waals surface area (Å²) in [5, 5.41) is 0. The van der Waals surface area contributed by atoms with Crippen LogP contribution in [0.15, 0.2) is 36.5 Å². The highest BCUT2D eigenvalue weighted by molar-refractivity contribution is 5.71. The Bertz CT molecular complexity index is 1050. The normalized spacial score (nSPS) is 12.2. The summed E-state index contributed by atoms with van der Waals surface area (Å²) in [5.74, 6) is -0.885. The van der Waals surface area contributed by atoms with Crippen molar-refractivity contribution in [2.45, 2.75) is 290 Å². The Hall–Kier alpha value is -2.37. The number of hydrogen-bond acceptors (Lipinski definition) is 6. The topological polar surface area (TPSA) is 78.9 Å². The zero-order chi connectivity index (χ0) is 45.1. The Morgan fingerprint density at radius 1 is 0.323 bits per heavy atom. The van der Waals surface area contributed by atoms with Crippen LogP contribution in [0.2, 0.25) is 0 Å². The third kappa shape index (κ3) is 48.7. The van der Waals surface area contributed by atoms with E-state index in [9.17, 15) is 14.4 Å². The Morgan fingerprint density at radius 2 is 0.581 bits per heavy atom. The highest BCUT2D eigenvalue weighted by Crippen LogP contribution is 2.15. The van der Waals surface area contributed by atoms with Gasteiger partial charge in [-0.05, 0) is 70.6 Å². The minimum atomic E-state index is -0.778. The van der Waals surface area contributed by atoms with Crippen molar-refractivity contribution in [1.82, 2.24) is 0 Å². The lowest BCUT2D eigenvalue weighted by molar-refractivity contribution is -0.167. The predicted octanol–water partition coefficient (Wildman–Crippen LogP) is 17.7. The predicted molar refractivity (Wildman–Crippen MR) is 266 cm³/mol. The highest BCUT2D eigenvalue weighted by Gasteiger charge is 2.19. The van der Waals surface area contributed by atoms with Crippen molar-refractivity contribution in [1.29, 1.82) is 0 Å². The molecule has 0 bridgehead atoms. The molecule has 0 radical (unpaired) electrons. The van der Waals surface area contributed by atoms with Crippen LogP contribution in [0.1, 0.15) is 284 Å². The first-order valence-electron chi connectivity index (χ1n) is 27.0. The summed E-state index contributed by atoms with van der Waals surface area (Å²) in [4.78, 5) is 38.0. The zero-order valence-electron chi connectivity index (χ0n) is 41.4. The first-order chi connectivity index (χ1) is 30.5. The van der Waals surface area contributed by atoms with Crippen LogP contribution in [-0.2, 0) is 28.6 Å². The number of carbonyl (C=O) groups is 3. The fourth-order valence-corrected chi connectivity index (χ4v) is 7.78. The molecular formula is C56H102O6. The van der Waals surface area contributed by atoms with Crippen LogP contribution in [0.25, 0.3) is 0 Å². The quantitative estimate of drug-likeness (QED) is 0.0199. The monoisotopic (exact) mass is 871 g/mol. The number of rotatable bonds is 49. The van der Waals surface area contributed by atoms with Crippen molar-refractivity contribution in [2.24, 2.45) is 0 Å². The molecule has 0 heterocycles. The lowest BCUT2D eigenvalue weighted by Gasteiger charge is -2.18. The molecule has 6 heteroatoms. The van der Waals surface area contributed by atoms with Crippen LogP contribution in [0.3, 0.4) is 0 Å². The summed E-state index contributed by atoms with van der Waals surface area (Å²) in [5.41, 5.74) is 0. The molecule has 0 aromatic carbocycles. The molecule has 1 unspecified atom stereocenters. The molecule has 0 saturated heterocycles. The van der Waals surface area contributed by atoms with Gasteiger partial charge >= 0.3 is 17.9 Å². The zero-order valence-corrected chi connectivity index (χ0v) is 41.4. The summed E-state index contributed by atoms with van der Waals surface area (Å²) < 4.78 is 16.8. The molecule has 0 amide bonds. The molecule has 0 aromatic rings. The Morgan fingerprint density at radius 3 is 0.935 bits per heavy atom. The SMILES string of the molecule is CCCCC/C=C\C=C/CCCCCCCCC(=O)OC(COC(=O)CCCCCCC/C=C\CCCCCCCCC)COC(=O)CCCCCCCCCCCCCCC. The third-order valence-corrected chi connectivity index (χ3v) is 11.9. The molecule has 0 rings (SSSR count). The van der Waals surface area contributed by atoms with Crippen LogP contribution < -0.4 is 0 Å². The molecule has 0 aromatic heterocycles. The van der Waals surface area contributed by atoms with Gasteiger partial charge in [0.2, 0.25) is 0 Å². The summed E-state index contributed by atoms with van der Waals surface area (Å²) >= 11 is 0. The molecule has 0 spiro atoms. The molecule has 0 aliphatic carbocycles. The van der Waals surface area contributed by atoms with Crippen molar-refractivity contribution < 1.29 is 28.6 Å². The summed E-state index contributed by atoms with van der Waals surface area (Å²) in [6.45, 7) is 6.61. The van der Waals surface area contributed by atoms with E-state index in [2.05, 4.69) is 57.2 Å². The molecule has 1 atom stereocenters. The van der Waals surface area contributed by atoms with Crippen molar-refractivity contribution in [2.75, 3.05) is 13.2 Å². The van der Waals surface area contributed by atoms with E-state index in [1.807, 2.05) is 0 Å². The average molecular weight is 871 g/mol. The van der Waals surface area contributed by atoms with Gasteiger partial charge in [-0.1, -0.05) is 231 Å². The average Bonchev–Trinajstić information content (AvgIpc) is 3.27. The largest absolute Gasteiger partial charge is 0.462 e. The third-order valence-electron chi connectivity index (χ3n) is 11.9. The maximum absolute atomic E-state index is 12.8. The molecule has 0 saturated carbocycles. The number of ether oxygens (including phenoxy) is 3. The van der Waals surface area contributed by atoms with E-state index in [1.54, 1.807) is 0 Å². The van der Waals surface area contributed by atoms with Crippen molar-refractivity contribution >= 4 is 17.9 Å². The van der Waals surface area contributed by atoms with Gasteiger partial charge in [0.25, 0.3) is 0 Å². The summed E-state index contributed by atoms with van der Waals surface area (Å²) in [6.07, 6.45) is 59.8. The highest BCUT2D eigenvalue weighted by atomic mass is 16.6. The summed E-state index contributed by atoms with van der Waals surface area (Å²) in [7, 11) is 0. The number of carbonyl (C=O) groups excluding carboxylic acids is 3. The fraction of sp³-hybridized carbons (Fsp3) is 0.839. The Kier molecular flexibility index (Phi) is 49.3. The second kappa shape index (κ2) is 51.3. The van der Waals surface area contributed by atoms with Crippen molar-refractivity contribution in [3.63, 3.8) is 0 Å². The van der Waals surface area contributed by atoms with Gasteiger partial charge in [-0.2, -0.15) is 0 Å². The standard InChI is InChI=1S/C56H102O6/c1-4-7-10-13-16-19-22-25-27-29-31-34-37-40-43-46-49-55(58)61-52-53(51-60-54(57)48-45-42-39-36-33-30-24-21-18-15-12-9-6-3)62-56(59)50-47-44-41-38-35-32-28-26-23-20-17-14-11-8-5-2/h17,20,23,26-27,29,53H,4-16,18-19,21-22,24-25,28,30-52H2,1-3H3/b20-17-,26-23-,29-27-. The van der Waals surface area contributed by atoms with Crippen LogP contribution in [0.5, 0.6) is 0 Å². The lowest BCUT2D eigenvalue weighted by Crippen LogP contribution is -2.30. The Balaban J connectivity index is 4.38. The Labute approximate surface area is 385 Å². The van der Waals surface area contributed by atoms with Crippen LogP contribution in [-0.4, -0.2) is 37.2 Å². The first-order valence-corrected chi connectivity index (χ1v) is 27.0. The van der Waals surface area contributed by atoms with Gasteiger partial charge in [-0.3, -0.25) is 14.4 Å². The maximum Gasteiger partial charge on any atom is 0.306 e. The van der Waals surface area contributed by atoms with E-state index in [-0.39, 0.29) is 31.1 Å². The van der Waals surface area contributed by atoms with Crippen LogP contribution >= 0.6 is 0 Å². The minimum Gasteiger partial charge on any atom is -0.462 e. The van der Waals surface area contributed by atoms with Crippen molar-refractivity contribution in [3.05, 3.63) is 36.5 Å². The fourth-order valence-electron chi connectivity index (χ4n) is 7.78. The van der Waals surface area contributed by atoms with Gasteiger partial charge < -0.3 is 14.2 Å². The molecule has 362 valence electrons. The second-order valence-electron chi connectivity index (χ2n) is 18.2. The van der Waals surface area contributed by atoms with Gasteiger partial charge in [0.15, 0.2) is 6.10 Å². The smallest absolute Gasteiger partial charge is 0.306 e. The van der Waals surface area contributed by atoms with Gasteiger partial charge in [-0.15, -0.1) is 0 Å². The molecule has 0 aliphatic heterocycles. The molecular weight excluding hydrogens is 769 g/mol. The van der Waals surface area contributed by atoms with Crippen LogP contribution in [0, 0.1) is 0 Å². The van der Waals surface area contributed by atoms with Gasteiger partial charge in [0.05, 0.1) is 0 Å². The number of allylic oxidation sites excluding steroid dienone is 6.